The lowest BCUT2D eigenvalue weighted by Gasteiger charge is -2.13. The molecule has 0 bridgehead atoms. The van der Waals surface area contributed by atoms with E-state index in [1.165, 1.54) is 52.5 Å². The Labute approximate surface area is 376 Å². The first-order valence-corrected chi connectivity index (χ1v) is 22.7. The molecular formula is C59H34N4OS. The van der Waals surface area contributed by atoms with Gasteiger partial charge in [-0.3, -0.25) is 0 Å². The number of fused-ring (bicyclic) bond motifs is 12. The standard InChI is InChI=1S/C59H34N4OS/c1-2-13-35(14-3-1)37-18-12-19-40(31-37)57-60-58(41-25-27-44-43-21-9-11-24-52(43)65-53(44)34-41)62-59(61-57)46-28-30-49(56-55(46)45-22-8-10-23-51(45)64-56)63-48-29-26-36-15-6-7-20-42(36)54(48)47-32-38-16-4-5-17-39(38)33-50(47)63/h1-34H. The summed E-state index contributed by atoms with van der Waals surface area (Å²) < 4.78 is 11.9. The first-order valence-electron chi connectivity index (χ1n) is 21.8. The van der Waals surface area contributed by atoms with Crippen LogP contribution in [0.5, 0.6) is 0 Å². The van der Waals surface area contributed by atoms with Crippen LogP contribution in [0, 0.1) is 0 Å². The molecule has 10 aromatic carbocycles. The predicted octanol–water partition coefficient (Wildman–Crippen LogP) is 16.2. The molecule has 65 heavy (non-hydrogen) atoms. The van der Waals surface area contributed by atoms with Gasteiger partial charge in [-0.15, -0.1) is 11.3 Å². The first kappa shape index (κ1) is 36.1. The molecule has 0 spiro atoms. The molecule has 0 atom stereocenters. The number of nitrogens with zero attached hydrogens (tertiary/aromatic N) is 4. The van der Waals surface area contributed by atoms with Crippen LogP contribution in [0.2, 0.25) is 0 Å². The highest BCUT2D eigenvalue weighted by Crippen LogP contribution is 2.45. The second-order valence-corrected chi connectivity index (χ2v) is 17.8. The summed E-state index contributed by atoms with van der Waals surface area (Å²) >= 11 is 1.79. The van der Waals surface area contributed by atoms with Crippen molar-refractivity contribution in [3.63, 3.8) is 0 Å². The van der Waals surface area contributed by atoms with Gasteiger partial charge in [0, 0.05) is 58.4 Å². The Morgan fingerprint density at radius 1 is 0.369 bits per heavy atom. The average molecular weight is 847 g/mol. The van der Waals surface area contributed by atoms with Gasteiger partial charge >= 0.3 is 0 Å². The smallest absolute Gasteiger partial charge is 0.164 e. The van der Waals surface area contributed by atoms with Crippen LogP contribution in [-0.4, -0.2) is 19.5 Å². The molecule has 6 heteroatoms. The van der Waals surface area contributed by atoms with Crippen LogP contribution in [-0.2, 0) is 0 Å². The number of aromatic nitrogens is 4. The zero-order valence-corrected chi connectivity index (χ0v) is 35.6. The van der Waals surface area contributed by atoms with Gasteiger partial charge in [0.1, 0.15) is 5.58 Å². The van der Waals surface area contributed by atoms with Crippen LogP contribution >= 0.6 is 11.3 Å². The van der Waals surface area contributed by atoms with Crippen molar-refractivity contribution in [3.05, 3.63) is 206 Å². The monoisotopic (exact) mass is 846 g/mol. The SMILES string of the molecule is c1ccc(-c2cccc(-c3nc(-c4ccc5c(c4)sc4ccccc45)nc(-c4ccc(-n5c6cc7ccccc7cc6c6c7ccccc7ccc65)c5oc6ccccc6c45)n3)c2)cc1. The van der Waals surface area contributed by atoms with Crippen molar-refractivity contribution >= 4 is 96.8 Å². The van der Waals surface area contributed by atoms with Crippen LogP contribution in [0.25, 0.3) is 136 Å². The summed E-state index contributed by atoms with van der Waals surface area (Å²) in [6.07, 6.45) is 0. The van der Waals surface area contributed by atoms with Crippen LogP contribution in [0.1, 0.15) is 0 Å². The molecular weight excluding hydrogens is 813 g/mol. The molecule has 0 aliphatic heterocycles. The molecule has 0 radical (unpaired) electrons. The summed E-state index contributed by atoms with van der Waals surface area (Å²) in [6, 6.07) is 73.2. The molecule has 0 aliphatic carbocycles. The Kier molecular flexibility index (Phi) is 7.79. The molecule has 14 aromatic rings. The van der Waals surface area contributed by atoms with Gasteiger partial charge in [0.15, 0.2) is 23.1 Å². The van der Waals surface area contributed by atoms with Crippen molar-refractivity contribution < 1.29 is 4.42 Å². The topological polar surface area (TPSA) is 56.7 Å². The summed E-state index contributed by atoms with van der Waals surface area (Å²) in [7, 11) is 0. The summed E-state index contributed by atoms with van der Waals surface area (Å²) in [5.74, 6) is 1.79. The second-order valence-electron chi connectivity index (χ2n) is 16.7. The number of thiophene rings is 1. The van der Waals surface area contributed by atoms with E-state index in [-0.39, 0.29) is 0 Å². The van der Waals surface area contributed by atoms with Gasteiger partial charge in [-0.05, 0) is 87.3 Å². The fourth-order valence-corrected chi connectivity index (χ4v) is 11.1. The highest BCUT2D eigenvalue weighted by molar-refractivity contribution is 7.25. The number of rotatable bonds is 5. The minimum absolute atomic E-state index is 0.578. The minimum atomic E-state index is 0.578. The number of hydrogen-bond donors (Lipinski definition) is 0. The summed E-state index contributed by atoms with van der Waals surface area (Å²) in [6.45, 7) is 0. The van der Waals surface area contributed by atoms with Crippen molar-refractivity contribution in [2.75, 3.05) is 0 Å². The molecule has 0 aliphatic rings. The van der Waals surface area contributed by atoms with E-state index < -0.39 is 0 Å². The van der Waals surface area contributed by atoms with Gasteiger partial charge in [-0.25, -0.2) is 15.0 Å². The Hall–Kier alpha value is -8.45. The lowest BCUT2D eigenvalue weighted by molar-refractivity contribution is 0.666. The van der Waals surface area contributed by atoms with E-state index >= 15 is 0 Å². The molecule has 0 unspecified atom stereocenters. The lowest BCUT2D eigenvalue weighted by atomic mass is 10.0. The van der Waals surface area contributed by atoms with Crippen LogP contribution in [0.4, 0.5) is 0 Å². The maximum Gasteiger partial charge on any atom is 0.164 e. The molecule has 0 amide bonds. The molecule has 302 valence electrons. The molecule has 0 saturated carbocycles. The minimum Gasteiger partial charge on any atom is -0.454 e. The van der Waals surface area contributed by atoms with Crippen molar-refractivity contribution in [1.29, 1.82) is 0 Å². The van der Waals surface area contributed by atoms with Gasteiger partial charge < -0.3 is 8.98 Å². The van der Waals surface area contributed by atoms with Crippen LogP contribution < -0.4 is 0 Å². The average Bonchev–Trinajstić information content (AvgIpc) is 4.05. The first-order chi connectivity index (χ1) is 32.2. The second kappa shape index (κ2) is 14.0. The quantitative estimate of drug-likeness (QED) is 0.173. The van der Waals surface area contributed by atoms with E-state index in [1.807, 2.05) is 12.1 Å². The predicted molar refractivity (Wildman–Crippen MR) is 271 cm³/mol. The molecule has 4 aromatic heterocycles. The Morgan fingerprint density at radius 2 is 1.03 bits per heavy atom. The number of para-hydroxylation sites is 1. The summed E-state index contributed by atoms with van der Waals surface area (Å²) in [5, 5.41) is 11.7. The largest absolute Gasteiger partial charge is 0.454 e. The van der Waals surface area contributed by atoms with Gasteiger partial charge in [0.25, 0.3) is 0 Å². The van der Waals surface area contributed by atoms with Crippen molar-refractivity contribution in [2.45, 2.75) is 0 Å². The van der Waals surface area contributed by atoms with Gasteiger partial charge in [-0.1, -0.05) is 152 Å². The maximum absolute atomic E-state index is 7.02. The third kappa shape index (κ3) is 5.61. The molecule has 4 heterocycles. The molecule has 14 rings (SSSR count). The van der Waals surface area contributed by atoms with Gasteiger partial charge in [0.05, 0.1) is 16.7 Å². The molecule has 0 saturated heterocycles. The maximum atomic E-state index is 7.02. The zero-order chi connectivity index (χ0) is 42.6. The van der Waals surface area contributed by atoms with E-state index in [1.54, 1.807) is 11.3 Å². The van der Waals surface area contributed by atoms with Crippen LogP contribution in [0.15, 0.2) is 211 Å². The van der Waals surface area contributed by atoms with Crippen molar-refractivity contribution in [1.82, 2.24) is 19.5 Å². The molecule has 5 nitrogen and oxygen atoms in total. The lowest BCUT2D eigenvalue weighted by Crippen LogP contribution is -2.01. The fraction of sp³-hybridized carbons (Fsp3) is 0. The summed E-state index contributed by atoms with van der Waals surface area (Å²) in [5.41, 5.74) is 9.69. The van der Waals surface area contributed by atoms with Gasteiger partial charge in [-0.2, -0.15) is 0 Å². The van der Waals surface area contributed by atoms with Crippen LogP contribution in [0.3, 0.4) is 0 Å². The molecule has 0 fully saturated rings. The van der Waals surface area contributed by atoms with E-state index in [0.29, 0.717) is 17.5 Å². The van der Waals surface area contributed by atoms with E-state index in [0.717, 1.165) is 66.5 Å². The highest BCUT2D eigenvalue weighted by atomic mass is 32.1. The Morgan fingerprint density at radius 3 is 1.89 bits per heavy atom. The summed E-state index contributed by atoms with van der Waals surface area (Å²) in [4.78, 5) is 16.0. The van der Waals surface area contributed by atoms with E-state index in [9.17, 15) is 0 Å². The fourth-order valence-electron chi connectivity index (χ4n) is 10.00. The normalized spacial score (nSPS) is 12.0. The number of furan rings is 1. The van der Waals surface area contributed by atoms with Crippen molar-refractivity contribution in [2.24, 2.45) is 0 Å². The highest BCUT2D eigenvalue weighted by Gasteiger charge is 2.24. The Bertz CT molecular complexity index is 4260. The van der Waals surface area contributed by atoms with E-state index in [2.05, 4.69) is 199 Å². The number of hydrogen-bond acceptors (Lipinski definition) is 5. The third-order valence-electron chi connectivity index (χ3n) is 13.0. The third-order valence-corrected chi connectivity index (χ3v) is 14.1. The van der Waals surface area contributed by atoms with Gasteiger partial charge in [0.2, 0.25) is 0 Å². The zero-order valence-electron chi connectivity index (χ0n) is 34.7. The molecule has 0 N–H and O–H groups in total. The Balaban J connectivity index is 1.04. The number of benzene rings is 10. The van der Waals surface area contributed by atoms with Crippen molar-refractivity contribution in [3.8, 4) is 51.0 Å². The van der Waals surface area contributed by atoms with E-state index in [4.69, 9.17) is 19.4 Å².